The van der Waals surface area contributed by atoms with Gasteiger partial charge in [-0.3, -0.25) is 4.79 Å². The van der Waals surface area contributed by atoms with Crippen LogP contribution in [0.1, 0.15) is 61.6 Å². The number of nitrogens with zero attached hydrogens (tertiary/aromatic N) is 1. The van der Waals surface area contributed by atoms with Crippen molar-refractivity contribution in [1.82, 2.24) is 4.90 Å². The molecule has 1 saturated carbocycles. The topological polar surface area (TPSA) is 40.5 Å². The Hall–Kier alpha value is -1.35. The van der Waals surface area contributed by atoms with E-state index in [2.05, 4.69) is 24.1 Å². The predicted octanol–water partition coefficient (Wildman–Crippen LogP) is 3.56. The molecule has 1 aliphatic heterocycles. The van der Waals surface area contributed by atoms with Crippen molar-refractivity contribution in [3.8, 4) is 0 Å². The van der Waals surface area contributed by atoms with Crippen LogP contribution in [0.2, 0.25) is 0 Å². The molecule has 1 N–H and O–H groups in total. The molecule has 2 unspecified atom stereocenters. The predicted molar refractivity (Wildman–Crippen MR) is 90.9 cm³/mol. The molecule has 3 nitrogen and oxygen atoms in total. The quantitative estimate of drug-likeness (QED) is 0.907. The molecule has 0 radical (unpaired) electrons. The Bertz CT molecular complexity index is 641. The second kappa shape index (κ2) is 5.34. The maximum absolute atomic E-state index is 11.4. The van der Waals surface area contributed by atoms with Crippen LogP contribution in [-0.4, -0.2) is 35.6 Å². The molecular weight excluding hydrogens is 286 g/mol. The first-order valence-electron chi connectivity index (χ1n) is 9.09. The number of carbonyl (C=O) groups is 1. The van der Waals surface area contributed by atoms with Crippen LogP contribution in [-0.2, 0) is 16.6 Å². The normalized spacial score (nSPS) is 34.3. The Kier molecular flexibility index (Phi) is 3.53. The number of carboxylic acids is 1. The van der Waals surface area contributed by atoms with Crippen molar-refractivity contribution in [2.24, 2.45) is 5.92 Å². The highest BCUT2D eigenvalue weighted by molar-refractivity contribution is 5.75. The van der Waals surface area contributed by atoms with Crippen molar-refractivity contribution in [3.05, 3.63) is 34.9 Å². The molecule has 1 aromatic carbocycles. The minimum Gasteiger partial charge on any atom is -0.481 e. The lowest BCUT2D eigenvalue weighted by molar-refractivity contribution is -0.138. The molecule has 23 heavy (non-hydrogen) atoms. The standard InChI is InChI=1S/C20H27NO2/c1-13(19(22)23)14-6-7-15-12-18-16-5-3-4-8-20(16,17(15)11-14)9-10-21(18)2/h6-7,11,13,16,18H,3-5,8-10,12H2,1-2H3,(H,22,23)/t13?,16-,18+,20?/m1/s1. The van der Waals surface area contributed by atoms with Gasteiger partial charge in [0.1, 0.15) is 0 Å². The molecule has 2 bridgehead atoms. The van der Waals surface area contributed by atoms with Crippen LogP contribution >= 0.6 is 0 Å². The van der Waals surface area contributed by atoms with Gasteiger partial charge < -0.3 is 10.0 Å². The van der Waals surface area contributed by atoms with Crippen molar-refractivity contribution in [3.63, 3.8) is 0 Å². The Morgan fingerprint density at radius 3 is 2.96 bits per heavy atom. The highest BCUT2D eigenvalue weighted by atomic mass is 16.4. The molecular formula is C20H27NO2. The van der Waals surface area contributed by atoms with E-state index in [1.165, 1.54) is 49.8 Å². The fourth-order valence-electron chi connectivity index (χ4n) is 5.63. The third-order valence-corrected chi connectivity index (χ3v) is 7.01. The van der Waals surface area contributed by atoms with E-state index in [9.17, 15) is 9.90 Å². The summed E-state index contributed by atoms with van der Waals surface area (Å²) in [6.07, 6.45) is 7.69. The number of piperidine rings is 1. The van der Waals surface area contributed by atoms with Gasteiger partial charge in [0.15, 0.2) is 0 Å². The van der Waals surface area contributed by atoms with Crippen molar-refractivity contribution in [2.75, 3.05) is 13.6 Å². The number of hydrogen-bond donors (Lipinski definition) is 1. The van der Waals surface area contributed by atoms with Gasteiger partial charge >= 0.3 is 5.97 Å². The zero-order valence-corrected chi connectivity index (χ0v) is 14.2. The average molecular weight is 313 g/mol. The zero-order valence-electron chi connectivity index (χ0n) is 14.2. The van der Waals surface area contributed by atoms with Gasteiger partial charge in [-0.15, -0.1) is 0 Å². The monoisotopic (exact) mass is 313 g/mol. The van der Waals surface area contributed by atoms with Crippen LogP contribution in [0.4, 0.5) is 0 Å². The molecule has 1 saturated heterocycles. The molecule has 1 aromatic rings. The summed E-state index contributed by atoms with van der Waals surface area (Å²) in [5.41, 5.74) is 4.27. The number of rotatable bonds is 2. The van der Waals surface area contributed by atoms with Gasteiger partial charge in [0, 0.05) is 11.5 Å². The molecule has 1 heterocycles. The van der Waals surface area contributed by atoms with Gasteiger partial charge in [0.25, 0.3) is 0 Å². The molecule has 124 valence electrons. The summed E-state index contributed by atoms with van der Waals surface area (Å²) >= 11 is 0. The van der Waals surface area contributed by atoms with Crippen LogP contribution in [0.3, 0.4) is 0 Å². The lowest BCUT2D eigenvalue weighted by Crippen LogP contribution is -2.59. The SMILES string of the molecule is CC(C(=O)O)c1ccc2c(c1)C13CCCC[C@@H]1[C@H](C2)N(C)CC3. The van der Waals surface area contributed by atoms with E-state index >= 15 is 0 Å². The van der Waals surface area contributed by atoms with Crippen LogP contribution in [0.15, 0.2) is 18.2 Å². The Balaban J connectivity index is 1.83. The molecule has 4 atom stereocenters. The molecule has 4 rings (SSSR count). The number of likely N-dealkylation sites (tertiary alicyclic amines) is 1. The van der Waals surface area contributed by atoms with Crippen LogP contribution in [0.5, 0.6) is 0 Å². The number of likely N-dealkylation sites (N-methyl/N-ethyl adjacent to an activating group) is 1. The summed E-state index contributed by atoms with van der Waals surface area (Å²) in [6, 6.07) is 7.21. The van der Waals surface area contributed by atoms with E-state index in [0.717, 1.165) is 17.9 Å². The summed E-state index contributed by atoms with van der Waals surface area (Å²) in [7, 11) is 2.29. The largest absolute Gasteiger partial charge is 0.481 e. The van der Waals surface area contributed by atoms with Crippen molar-refractivity contribution < 1.29 is 9.90 Å². The fraction of sp³-hybridized carbons (Fsp3) is 0.650. The number of fused-ring (bicyclic) bond motifs is 1. The van der Waals surface area contributed by atoms with Crippen LogP contribution in [0.25, 0.3) is 0 Å². The highest BCUT2D eigenvalue weighted by Gasteiger charge is 2.53. The van der Waals surface area contributed by atoms with Gasteiger partial charge in [-0.2, -0.15) is 0 Å². The molecule has 2 aliphatic carbocycles. The van der Waals surface area contributed by atoms with Gasteiger partial charge in [-0.05, 0) is 68.8 Å². The third-order valence-electron chi connectivity index (χ3n) is 7.01. The first-order chi connectivity index (χ1) is 11.0. The minimum atomic E-state index is -0.722. The molecule has 3 heteroatoms. The molecule has 0 aromatic heterocycles. The second-order valence-corrected chi connectivity index (χ2v) is 7.99. The van der Waals surface area contributed by atoms with E-state index < -0.39 is 11.9 Å². The minimum absolute atomic E-state index is 0.317. The zero-order chi connectivity index (χ0) is 16.2. The Morgan fingerprint density at radius 1 is 1.35 bits per heavy atom. The third kappa shape index (κ3) is 2.16. The lowest BCUT2D eigenvalue weighted by Gasteiger charge is -2.58. The molecule has 3 aliphatic rings. The summed E-state index contributed by atoms with van der Waals surface area (Å²) < 4.78 is 0. The fourth-order valence-corrected chi connectivity index (χ4v) is 5.63. The van der Waals surface area contributed by atoms with Crippen molar-refractivity contribution >= 4 is 5.97 Å². The summed E-state index contributed by atoms with van der Waals surface area (Å²) in [5, 5.41) is 9.37. The van der Waals surface area contributed by atoms with Gasteiger partial charge in [-0.25, -0.2) is 0 Å². The van der Waals surface area contributed by atoms with E-state index in [4.69, 9.17) is 0 Å². The summed E-state index contributed by atoms with van der Waals surface area (Å²) in [6.45, 7) is 2.99. The van der Waals surface area contributed by atoms with Crippen molar-refractivity contribution in [2.45, 2.75) is 62.8 Å². The number of aliphatic carboxylic acids is 1. The molecule has 2 fully saturated rings. The smallest absolute Gasteiger partial charge is 0.310 e. The van der Waals surface area contributed by atoms with E-state index in [0.29, 0.717) is 11.5 Å². The van der Waals surface area contributed by atoms with Gasteiger partial charge in [0.05, 0.1) is 5.92 Å². The Labute approximate surface area is 138 Å². The molecule has 0 amide bonds. The van der Waals surface area contributed by atoms with Crippen LogP contribution < -0.4 is 0 Å². The average Bonchev–Trinajstić information content (AvgIpc) is 2.57. The number of benzene rings is 1. The van der Waals surface area contributed by atoms with E-state index in [1.54, 1.807) is 6.92 Å². The molecule has 0 spiro atoms. The maximum atomic E-state index is 11.4. The van der Waals surface area contributed by atoms with Gasteiger partial charge in [-0.1, -0.05) is 31.0 Å². The summed E-state index contributed by atoms with van der Waals surface area (Å²) in [5.74, 6) is -0.375. The van der Waals surface area contributed by atoms with E-state index in [-0.39, 0.29) is 0 Å². The summed E-state index contributed by atoms with van der Waals surface area (Å²) in [4.78, 5) is 14.0. The van der Waals surface area contributed by atoms with Crippen molar-refractivity contribution in [1.29, 1.82) is 0 Å². The highest BCUT2D eigenvalue weighted by Crippen LogP contribution is 2.55. The number of hydrogen-bond acceptors (Lipinski definition) is 2. The maximum Gasteiger partial charge on any atom is 0.310 e. The van der Waals surface area contributed by atoms with E-state index in [1.807, 2.05) is 6.07 Å². The first kappa shape index (κ1) is 15.2. The van der Waals surface area contributed by atoms with Crippen LogP contribution in [0, 0.1) is 5.92 Å². The Morgan fingerprint density at radius 2 is 2.17 bits per heavy atom. The number of carboxylic acid groups (broad SMARTS) is 1. The first-order valence-corrected chi connectivity index (χ1v) is 9.09. The lowest BCUT2D eigenvalue weighted by atomic mass is 9.52. The van der Waals surface area contributed by atoms with Gasteiger partial charge in [0.2, 0.25) is 0 Å². The second-order valence-electron chi connectivity index (χ2n) is 7.99.